The number of carbonyl (C=O) groups excluding carboxylic acids is 1. The molecule has 0 aliphatic rings. The molecule has 0 amide bonds. The molecule has 0 heterocycles. The maximum atomic E-state index is 13.3. The van der Waals surface area contributed by atoms with E-state index in [1.165, 1.54) is 24.3 Å². The van der Waals surface area contributed by atoms with Crippen LogP contribution in [-0.2, 0) is 20.9 Å². The summed E-state index contributed by atoms with van der Waals surface area (Å²) < 4.78 is 87.9. The first kappa shape index (κ1) is 21.3. The zero-order valence-corrected chi connectivity index (χ0v) is 14.5. The fourth-order valence-corrected chi connectivity index (χ4v) is 2.58. The van der Waals surface area contributed by atoms with Crippen LogP contribution in [0.3, 0.4) is 0 Å². The summed E-state index contributed by atoms with van der Waals surface area (Å²) in [6, 6.07) is 8.73. The lowest BCUT2D eigenvalue weighted by atomic mass is 10.0. The number of benzene rings is 2. The van der Waals surface area contributed by atoms with Gasteiger partial charge in [-0.2, -0.15) is 26.3 Å². The van der Waals surface area contributed by atoms with Gasteiger partial charge >= 0.3 is 23.9 Å². The average Bonchev–Trinajstić information content (AvgIpc) is 2.53. The van der Waals surface area contributed by atoms with E-state index >= 15 is 0 Å². The first-order chi connectivity index (χ1) is 12.4. The molecule has 0 spiro atoms. The van der Waals surface area contributed by atoms with E-state index in [0.29, 0.717) is 15.8 Å². The molecule has 10 heteroatoms. The normalized spacial score (nSPS) is 13.0. The number of alkyl halides is 6. The van der Waals surface area contributed by atoms with Crippen molar-refractivity contribution in [3.63, 3.8) is 0 Å². The van der Waals surface area contributed by atoms with Gasteiger partial charge in [0.1, 0.15) is 0 Å². The average molecular weight is 415 g/mol. The minimum atomic E-state index is -6.07. The SMILES string of the molecule is CCOC(=O)C(OCc1ccc2cc(Cl)ccc2c1)(C(F)(F)F)C(F)(F)F. The molecule has 0 unspecified atom stereocenters. The van der Waals surface area contributed by atoms with Gasteiger partial charge in [0.25, 0.3) is 0 Å². The van der Waals surface area contributed by atoms with E-state index in [0.717, 1.165) is 6.92 Å². The Labute approximate surface area is 154 Å². The Morgan fingerprint density at radius 1 is 0.963 bits per heavy atom. The summed E-state index contributed by atoms with van der Waals surface area (Å²) in [6.07, 6.45) is -12.1. The fourth-order valence-electron chi connectivity index (χ4n) is 2.39. The van der Waals surface area contributed by atoms with Crippen LogP contribution in [0, 0.1) is 0 Å². The van der Waals surface area contributed by atoms with Crippen LogP contribution in [-0.4, -0.2) is 30.5 Å². The lowest BCUT2D eigenvalue weighted by Gasteiger charge is -2.34. The molecule has 2 rings (SSSR count). The summed E-state index contributed by atoms with van der Waals surface area (Å²) in [5, 5.41) is 1.58. The van der Waals surface area contributed by atoms with E-state index in [9.17, 15) is 31.1 Å². The van der Waals surface area contributed by atoms with Gasteiger partial charge in [0, 0.05) is 5.02 Å². The van der Waals surface area contributed by atoms with Crippen LogP contribution >= 0.6 is 11.6 Å². The van der Waals surface area contributed by atoms with Gasteiger partial charge in [-0.25, -0.2) is 4.79 Å². The van der Waals surface area contributed by atoms with Crippen molar-refractivity contribution in [1.82, 2.24) is 0 Å². The minimum Gasteiger partial charge on any atom is -0.463 e. The summed E-state index contributed by atoms with van der Waals surface area (Å²) in [5.41, 5.74) is -5.07. The second-order valence-corrected chi connectivity index (χ2v) is 5.95. The number of hydrogen-bond acceptors (Lipinski definition) is 3. The third-order valence-corrected chi connectivity index (χ3v) is 3.92. The third-order valence-electron chi connectivity index (χ3n) is 3.68. The molecule has 0 fully saturated rings. The van der Waals surface area contributed by atoms with Crippen LogP contribution in [0.15, 0.2) is 36.4 Å². The minimum absolute atomic E-state index is 0.00648. The highest BCUT2D eigenvalue weighted by Gasteiger charge is 2.78. The molecule has 27 heavy (non-hydrogen) atoms. The van der Waals surface area contributed by atoms with Crippen LogP contribution in [0.5, 0.6) is 0 Å². The van der Waals surface area contributed by atoms with Crippen molar-refractivity contribution in [3.05, 3.63) is 47.0 Å². The highest BCUT2D eigenvalue weighted by Crippen LogP contribution is 2.47. The van der Waals surface area contributed by atoms with E-state index in [4.69, 9.17) is 11.6 Å². The van der Waals surface area contributed by atoms with Gasteiger partial charge in [0.2, 0.25) is 0 Å². The Morgan fingerprint density at radius 3 is 2.07 bits per heavy atom. The van der Waals surface area contributed by atoms with Crippen LogP contribution in [0.1, 0.15) is 12.5 Å². The summed E-state index contributed by atoms with van der Waals surface area (Å²) in [4.78, 5) is 11.6. The largest absolute Gasteiger partial charge is 0.463 e. The summed E-state index contributed by atoms with van der Waals surface area (Å²) >= 11 is 5.82. The molecule has 0 aromatic heterocycles. The van der Waals surface area contributed by atoms with Crippen LogP contribution in [0.2, 0.25) is 5.02 Å². The number of esters is 1. The van der Waals surface area contributed by atoms with Crippen molar-refractivity contribution < 1.29 is 40.6 Å². The van der Waals surface area contributed by atoms with E-state index in [1.54, 1.807) is 12.1 Å². The number of rotatable bonds is 5. The zero-order chi connectivity index (χ0) is 20.5. The van der Waals surface area contributed by atoms with Gasteiger partial charge < -0.3 is 9.47 Å². The Kier molecular flexibility index (Phi) is 5.96. The van der Waals surface area contributed by atoms with Crippen LogP contribution in [0.4, 0.5) is 26.3 Å². The van der Waals surface area contributed by atoms with Crippen LogP contribution in [0.25, 0.3) is 10.8 Å². The van der Waals surface area contributed by atoms with E-state index in [1.807, 2.05) is 0 Å². The first-order valence-corrected chi connectivity index (χ1v) is 7.93. The van der Waals surface area contributed by atoms with Gasteiger partial charge in [-0.3, -0.25) is 0 Å². The Balaban J connectivity index is 2.41. The molecule has 0 N–H and O–H groups in total. The smallest absolute Gasteiger partial charge is 0.437 e. The van der Waals surface area contributed by atoms with E-state index in [2.05, 4.69) is 9.47 Å². The lowest BCUT2D eigenvalue weighted by Crippen LogP contribution is -2.64. The van der Waals surface area contributed by atoms with Crippen LogP contribution < -0.4 is 0 Å². The molecule has 2 aromatic carbocycles. The van der Waals surface area contributed by atoms with Gasteiger partial charge in [-0.15, -0.1) is 0 Å². The topological polar surface area (TPSA) is 35.5 Å². The lowest BCUT2D eigenvalue weighted by molar-refractivity contribution is -0.371. The summed E-state index contributed by atoms with van der Waals surface area (Å²) in [7, 11) is 0. The predicted octanol–water partition coefficient (Wildman–Crippen LogP) is 5.44. The summed E-state index contributed by atoms with van der Waals surface area (Å²) in [5.74, 6) is -2.56. The molecule has 148 valence electrons. The second-order valence-electron chi connectivity index (χ2n) is 5.51. The summed E-state index contributed by atoms with van der Waals surface area (Å²) in [6.45, 7) is -0.701. The molecule has 0 atom stereocenters. The molecule has 0 aliphatic heterocycles. The Hall–Kier alpha value is -2.00. The van der Waals surface area contributed by atoms with Gasteiger partial charge in [0.05, 0.1) is 13.2 Å². The molecule has 0 aliphatic carbocycles. The molecule has 0 saturated heterocycles. The zero-order valence-electron chi connectivity index (χ0n) is 13.7. The van der Waals surface area contributed by atoms with Crippen molar-refractivity contribution in [2.75, 3.05) is 6.61 Å². The maximum absolute atomic E-state index is 13.3. The molecule has 0 saturated carbocycles. The van der Waals surface area contributed by atoms with Crippen molar-refractivity contribution in [1.29, 1.82) is 0 Å². The Bertz CT molecular complexity index is 818. The maximum Gasteiger partial charge on any atom is 0.437 e. The van der Waals surface area contributed by atoms with Gasteiger partial charge in [0.15, 0.2) is 0 Å². The number of ether oxygens (including phenoxy) is 2. The Morgan fingerprint density at radius 2 is 1.52 bits per heavy atom. The highest BCUT2D eigenvalue weighted by molar-refractivity contribution is 6.31. The standard InChI is InChI=1S/C17H13ClF6O3/c1-2-26-14(25)15(16(19,20)21,17(22,23)24)27-9-10-3-4-12-8-13(18)6-5-11(12)7-10/h3-8H,2,9H2,1H3. The van der Waals surface area contributed by atoms with Crippen molar-refractivity contribution in [2.45, 2.75) is 31.5 Å². The first-order valence-electron chi connectivity index (χ1n) is 7.55. The molecule has 3 nitrogen and oxygen atoms in total. The highest BCUT2D eigenvalue weighted by atomic mass is 35.5. The molecule has 2 aromatic rings. The fraction of sp³-hybridized carbons (Fsp3) is 0.353. The molecule has 0 bridgehead atoms. The third kappa shape index (κ3) is 4.14. The monoisotopic (exact) mass is 414 g/mol. The quantitative estimate of drug-likeness (QED) is 0.483. The number of hydrogen-bond donors (Lipinski definition) is 0. The van der Waals surface area contributed by atoms with E-state index in [-0.39, 0.29) is 5.56 Å². The van der Waals surface area contributed by atoms with Gasteiger partial charge in [-0.05, 0) is 41.5 Å². The molecule has 0 radical (unpaired) electrons. The predicted molar refractivity (Wildman–Crippen MR) is 85.2 cm³/mol. The van der Waals surface area contributed by atoms with Gasteiger partial charge in [-0.1, -0.05) is 29.8 Å². The molecular weight excluding hydrogens is 402 g/mol. The number of halogens is 7. The second kappa shape index (κ2) is 7.55. The van der Waals surface area contributed by atoms with Crippen molar-refractivity contribution >= 4 is 28.3 Å². The molecular formula is C17H13ClF6O3. The van der Waals surface area contributed by atoms with Crippen molar-refractivity contribution in [3.8, 4) is 0 Å². The van der Waals surface area contributed by atoms with E-state index < -0.39 is 37.1 Å². The van der Waals surface area contributed by atoms with Crippen molar-refractivity contribution in [2.24, 2.45) is 0 Å². The number of fused-ring (bicyclic) bond motifs is 1. The number of carbonyl (C=O) groups is 1.